The third-order valence-corrected chi connectivity index (χ3v) is 4.01. The van der Waals surface area contributed by atoms with Gasteiger partial charge in [0.05, 0.1) is 7.11 Å². The number of hydrogen-bond donors (Lipinski definition) is 1. The fourth-order valence-electron chi connectivity index (χ4n) is 2.67. The normalized spacial score (nSPS) is 15.0. The van der Waals surface area contributed by atoms with Crippen LogP contribution in [0.4, 0.5) is 0 Å². The van der Waals surface area contributed by atoms with Gasteiger partial charge in [0.1, 0.15) is 0 Å². The van der Waals surface area contributed by atoms with Crippen molar-refractivity contribution >= 4 is 5.97 Å². The van der Waals surface area contributed by atoms with Gasteiger partial charge in [-0.3, -0.25) is 0 Å². The smallest absolute Gasteiger partial charge is 0.371 e. The minimum atomic E-state index is -1.00. The Morgan fingerprint density at radius 3 is 2.14 bits per heavy atom. The van der Waals surface area contributed by atoms with Gasteiger partial charge in [0.15, 0.2) is 0 Å². The van der Waals surface area contributed by atoms with Crippen LogP contribution in [0.1, 0.15) is 67.2 Å². The Morgan fingerprint density at radius 2 is 1.73 bits per heavy atom. The van der Waals surface area contributed by atoms with Gasteiger partial charge in [-0.15, -0.1) is 0 Å². The number of aliphatic carboxylic acids is 1. The summed E-state index contributed by atoms with van der Waals surface area (Å²) in [7, 11) is 1.42. The number of allylic oxidation sites excluding steroid dienone is 3. The van der Waals surface area contributed by atoms with Crippen molar-refractivity contribution in [2.24, 2.45) is 17.8 Å². The van der Waals surface area contributed by atoms with Crippen LogP contribution in [-0.2, 0) is 9.53 Å². The summed E-state index contributed by atoms with van der Waals surface area (Å²) < 4.78 is 5.04. The van der Waals surface area contributed by atoms with E-state index in [1.54, 1.807) is 0 Å². The molecule has 22 heavy (non-hydrogen) atoms. The predicted molar refractivity (Wildman–Crippen MR) is 92.7 cm³/mol. The first-order valence-electron chi connectivity index (χ1n) is 8.39. The van der Waals surface area contributed by atoms with E-state index in [9.17, 15) is 9.90 Å². The minimum absolute atomic E-state index is 0.0485. The summed E-state index contributed by atoms with van der Waals surface area (Å²) in [6, 6.07) is 0. The van der Waals surface area contributed by atoms with Crippen molar-refractivity contribution in [3.05, 3.63) is 23.0 Å². The summed E-state index contributed by atoms with van der Waals surface area (Å²) in [5, 5.41) is 9.21. The van der Waals surface area contributed by atoms with Crippen LogP contribution >= 0.6 is 0 Å². The number of methoxy groups -OCH3 is 1. The quantitative estimate of drug-likeness (QED) is 0.332. The molecule has 1 unspecified atom stereocenters. The molecular weight excluding hydrogens is 276 g/mol. The van der Waals surface area contributed by atoms with E-state index in [1.165, 1.54) is 26.4 Å². The van der Waals surface area contributed by atoms with Gasteiger partial charge in [-0.1, -0.05) is 60.0 Å². The Hall–Kier alpha value is -1.25. The van der Waals surface area contributed by atoms with Crippen molar-refractivity contribution in [2.45, 2.75) is 67.2 Å². The first-order chi connectivity index (χ1) is 10.2. The van der Waals surface area contributed by atoms with E-state index < -0.39 is 5.97 Å². The van der Waals surface area contributed by atoms with E-state index in [1.807, 2.05) is 6.92 Å². The van der Waals surface area contributed by atoms with Gasteiger partial charge in [-0.2, -0.15) is 0 Å². The Bertz CT molecular complexity index is 403. The SMILES string of the molecule is CO/C(C(=O)O)=C(C)/C(=C/CC(C)CCCC(C)C)C(C)C. The fourth-order valence-corrected chi connectivity index (χ4v) is 2.67. The highest BCUT2D eigenvalue weighted by atomic mass is 16.5. The topological polar surface area (TPSA) is 46.5 Å². The van der Waals surface area contributed by atoms with Crippen LogP contribution in [0, 0.1) is 17.8 Å². The van der Waals surface area contributed by atoms with Gasteiger partial charge < -0.3 is 9.84 Å². The molecule has 0 aliphatic rings. The second-order valence-electron chi connectivity index (χ2n) is 6.94. The average Bonchev–Trinajstić information content (AvgIpc) is 2.38. The van der Waals surface area contributed by atoms with E-state index >= 15 is 0 Å². The van der Waals surface area contributed by atoms with Crippen molar-refractivity contribution in [2.75, 3.05) is 7.11 Å². The monoisotopic (exact) mass is 310 g/mol. The standard InChI is InChI=1S/C19H34O3/c1-13(2)9-8-10-15(5)11-12-17(14(3)4)16(6)18(22-7)19(20)21/h12-15H,8-11H2,1-7H3,(H,20,21)/b17-12+,18-16+. The number of carbonyl (C=O) groups is 1. The molecule has 128 valence electrons. The highest BCUT2D eigenvalue weighted by Crippen LogP contribution is 2.25. The van der Waals surface area contributed by atoms with Crippen LogP contribution in [0.3, 0.4) is 0 Å². The zero-order valence-electron chi connectivity index (χ0n) is 15.4. The Labute approximate surface area is 136 Å². The molecule has 0 saturated heterocycles. The number of carboxylic acid groups (broad SMARTS) is 1. The third-order valence-electron chi connectivity index (χ3n) is 4.01. The van der Waals surface area contributed by atoms with Crippen molar-refractivity contribution in [3.8, 4) is 0 Å². The second kappa shape index (κ2) is 10.5. The minimum Gasteiger partial charge on any atom is -0.490 e. The Morgan fingerprint density at radius 1 is 1.14 bits per heavy atom. The molecule has 0 bridgehead atoms. The maximum atomic E-state index is 11.2. The lowest BCUT2D eigenvalue weighted by Crippen LogP contribution is -2.09. The summed E-state index contributed by atoms with van der Waals surface area (Å²) in [4.78, 5) is 11.2. The molecule has 3 heteroatoms. The van der Waals surface area contributed by atoms with E-state index in [-0.39, 0.29) is 11.7 Å². The van der Waals surface area contributed by atoms with Crippen LogP contribution in [0.15, 0.2) is 23.0 Å². The molecule has 0 spiro atoms. The average molecular weight is 310 g/mol. The van der Waals surface area contributed by atoms with Gasteiger partial charge in [-0.05, 0) is 36.7 Å². The Kier molecular flexibility index (Phi) is 9.88. The van der Waals surface area contributed by atoms with Gasteiger partial charge in [0.2, 0.25) is 5.76 Å². The summed E-state index contributed by atoms with van der Waals surface area (Å²) >= 11 is 0. The van der Waals surface area contributed by atoms with Crippen LogP contribution in [0.2, 0.25) is 0 Å². The highest BCUT2D eigenvalue weighted by molar-refractivity contribution is 5.86. The molecule has 1 atom stereocenters. The Balaban J connectivity index is 4.92. The highest BCUT2D eigenvalue weighted by Gasteiger charge is 2.17. The zero-order chi connectivity index (χ0) is 17.3. The molecular formula is C19H34O3. The second-order valence-corrected chi connectivity index (χ2v) is 6.94. The third kappa shape index (κ3) is 7.67. The van der Waals surface area contributed by atoms with E-state index in [4.69, 9.17) is 4.74 Å². The molecule has 1 N–H and O–H groups in total. The molecule has 0 rings (SSSR count). The number of carboxylic acids is 1. The number of rotatable bonds is 10. The van der Waals surface area contributed by atoms with Crippen LogP contribution < -0.4 is 0 Å². The van der Waals surface area contributed by atoms with E-state index in [0.717, 1.165) is 23.5 Å². The van der Waals surface area contributed by atoms with Crippen molar-refractivity contribution in [1.82, 2.24) is 0 Å². The molecule has 0 aliphatic heterocycles. The molecule has 0 saturated carbocycles. The lowest BCUT2D eigenvalue weighted by Gasteiger charge is -2.17. The summed E-state index contributed by atoms with van der Waals surface area (Å²) in [6.45, 7) is 12.8. The summed E-state index contributed by atoms with van der Waals surface area (Å²) in [5.41, 5.74) is 1.81. The van der Waals surface area contributed by atoms with Gasteiger partial charge in [0.25, 0.3) is 0 Å². The van der Waals surface area contributed by atoms with Crippen LogP contribution in [0.5, 0.6) is 0 Å². The molecule has 0 aromatic heterocycles. The molecule has 0 aromatic rings. The molecule has 0 heterocycles. The van der Waals surface area contributed by atoms with Crippen LogP contribution in [-0.4, -0.2) is 18.2 Å². The molecule has 0 aromatic carbocycles. The first kappa shape index (κ1) is 20.8. The lowest BCUT2D eigenvalue weighted by molar-refractivity contribution is -0.136. The predicted octanol–water partition coefficient (Wildman–Crippen LogP) is 5.43. The molecule has 0 radical (unpaired) electrons. The van der Waals surface area contributed by atoms with Gasteiger partial charge in [-0.25, -0.2) is 4.79 Å². The summed E-state index contributed by atoms with van der Waals surface area (Å²) in [6.07, 6.45) is 6.94. The molecule has 0 amide bonds. The first-order valence-corrected chi connectivity index (χ1v) is 8.39. The van der Waals surface area contributed by atoms with E-state index in [0.29, 0.717) is 5.92 Å². The number of hydrogen-bond acceptors (Lipinski definition) is 2. The van der Waals surface area contributed by atoms with Crippen molar-refractivity contribution in [3.63, 3.8) is 0 Å². The molecule has 0 fully saturated rings. The zero-order valence-corrected chi connectivity index (χ0v) is 15.4. The lowest BCUT2D eigenvalue weighted by atomic mass is 9.90. The fraction of sp³-hybridized carbons (Fsp3) is 0.737. The maximum Gasteiger partial charge on any atom is 0.371 e. The van der Waals surface area contributed by atoms with Crippen molar-refractivity contribution in [1.29, 1.82) is 0 Å². The maximum absolute atomic E-state index is 11.2. The number of ether oxygens (including phenoxy) is 1. The molecule has 3 nitrogen and oxygen atoms in total. The molecule has 0 aliphatic carbocycles. The van der Waals surface area contributed by atoms with Gasteiger partial charge in [0, 0.05) is 5.57 Å². The summed E-state index contributed by atoms with van der Waals surface area (Å²) in [5.74, 6) is 0.714. The largest absolute Gasteiger partial charge is 0.490 e. The van der Waals surface area contributed by atoms with Gasteiger partial charge >= 0.3 is 5.97 Å². The van der Waals surface area contributed by atoms with Crippen molar-refractivity contribution < 1.29 is 14.6 Å². The van der Waals surface area contributed by atoms with Crippen LogP contribution in [0.25, 0.3) is 0 Å². The van der Waals surface area contributed by atoms with E-state index in [2.05, 4.69) is 40.7 Å².